The summed E-state index contributed by atoms with van der Waals surface area (Å²) >= 11 is 6.28. The highest BCUT2D eigenvalue weighted by molar-refractivity contribution is 6.33. The van der Waals surface area contributed by atoms with Crippen molar-refractivity contribution in [3.8, 4) is 0 Å². The fraction of sp³-hybridized carbons (Fsp3) is 0.300. The van der Waals surface area contributed by atoms with Gasteiger partial charge in [-0.2, -0.15) is 5.10 Å². The number of carbonyl (C=O) groups is 1. The van der Waals surface area contributed by atoms with Crippen LogP contribution >= 0.6 is 11.6 Å². The van der Waals surface area contributed by atoms with E-state index in [1.807, 2.05) is 0 Å². The number of carbonyl (C=O) groups excluding carboxylic acids is 1. The molecule has 0 saturated heterocycles. The first kappa shape index (κ1) is 20.6. The lowest BCUT2D eigenvalue weighted by atomic mass is 9.99. The van der Waals surface area contributed by atoms with E-state index in [0.717, 1.165) is 5.69 Å². The summed E-state index contributed by atoms with van der Waals surface area (Å²) in [6, 6.07) is 4.41. The van der Waals surface area contributed by atoms with Gasteiger partial charge in [-0.05, 0) is 25.1 Å². The van der Waals surface area contributed by atoms with Crippen LogP contribution in [0.2, 0.25) is 5.02 Å². The van der Waals surface area contributed by atoms with Crippen LogP contribution in [0.25, 0.3) is 5.52 Å². The van der Waals surface area contributed by atoms with E-state index in [9.17, 15) is 18.7 Å². The minimum absolute atomic E-state index is 0.202. The number of hydrogen-bond donors (Lipinski definition) is 2. The van der Waals surface area contributed by atoms with Crippen molar-refractivity contribution < 1.29 is 23.1 Å². The largest absolute Gasteiger partial charge is 0.432 e. The Morgan fingerprint density at radius 2 is 2.25 bits per heavy atom. The minimum atomic E-state index is -3.05. The number of imidazole rings is 1. The van der Waals surface area contributed by atoms with Gasteiger partial charge in [0.1, 0.15) is 12.1 Å². The smallest absolute Gasteiger partial charge is 0.292 e. The molecule has 0 aliphatic carbocycles. The number of alkyl halides is 2. The fourth-order valence-electron chi connectivity index (χ4n) is 3.89. The maximum atomic E-state index is 13.6. The standard InChI is InChI=1S/C20H17ClF2N6O3/c1-9(30)19-26-15(18(22)23)17(32-19)20(31)28-6-4-11-14(25-8-24-11)16(28)12-7-13-10(21)3-2-5-29(13)27-12/h2-3,5,7-9,16,18,30H,4,6H2,1H3,(H,24,25)/t9?,16-/m1/s1. The van der Waals surface area contributed by atoms with Gasteiger partial charge in [0.15, 0.2) is 5.69 Å². The molecule has 0 spiro atoms. The predicted molar refractivity (Wildman–Crippen MR) is 107 cm³/mol. The number of nitrogens with one attached hydrogen (secondary N) is 1. The van der Waals surface area contributed by atoms with E-state index in [1.54, 1.807) is 28.9 Å². The minimum Gasteiger partial charge on any atom is -0.432 e. The highest BCUT2D eigenvalue weighted by atomic mass is 35.5. The molecule has 1 unspecified atom stereocenters. The number of aliphatic hydroxyl groups is 1. The van der Waals surface area contributed by atoms with Crippen LogP contribution in [0, 0.1) is 0 Å². The van der Waals surface area contributed by atoms with Crippen molar-refractivity contribution >= 4 is 23.0 Å². The van der Waals surface area contributed by atoms with Crippen LogP contribution in [0.1, 0.15) is 64.7 Å². The average Bonchev–Trinajstić information content (AvgIpc) is 3.49. The van der Waals surface area contributed by atoms with Gasteiger partial charge in [-0.15, -0.1) is 0 Å². The molecule has 0 fully saturated rings. The Labute approximate surface area is 184 Å². The lowest BCUT2D eigenvalue weighted by Crippen LogP contribution is -2.41. The maximum absolute atomic E-state index is 13.6. The highest BCUT2D eigenvalue weighted by Crippen LogP contribution is 2.36. The van der Waals surface area contributed by atoms with E-state index in [1.165, 1.54) is 18.2 Å². The molecule has 1 aliphatic rings. The summed E-state index contributed by atoms with van der Waals surface area (Å²) in [6.45, 7) is 1.52. The molecule has 0 bridgehead atoms. The highest BCUT2D eigenvalue weighted by Gasteiger charge is 2.40. The molecule has 1 amide bonds. The molecule has 2 N–H and O–H groups in total. The normalized spacial score (nSPS) is 17.2. The fourth-order valence-corrected chi connectivity index (χ4v) is 4.10. The molecule has 5 heterocycles. The number of aliphatic hydroxyl groups excluding tert-OH is 1. The van der Waals surface area contributed by atoms with E-state index in [2.05, 4.69) is 20.1 Å². The average molecular weight is 463 g/mol. The van der Waals surface area contributed by atoms with Crippen molar-refractivity contribution in [2.45, 2.75) is 31.9 Å². The van der Waals surface area contributed by atoms with Crippen LogP contribution < -0.4 is 0 Å². The van der Waals surface area contributed by atoms with Crippen molar-refractivity contribution in [2.24, 2.45) is 0 Å². The number of amides is 1. The van der Waals surface area contributed by atoms with E-state index < -0.39 is 35.9 Å². The number of oxazole rings is 1. The Bertz CT molecular complexity index is 1310. The second kappa shape index (κ2) is 7.68. The Morgan fingerprint density at radius 1 is 1.44 bits per heavy atom. The van der Waals surface area contributed by atoms with Crippen molar-refractivity contribution in [3.63, 3.8) is 0 Å². The summed E-state index contributed by atoms with van der Waals surface area (Å²) in [5, 5.41) is 14.7. The molecule has 9 nitrogen and oxygen atoms in total. The van der Waals surface area contributed by atoms with Crippen LogP contribution in [0.3, 0.4) is 0 Å². The summed E-state index contributed by atoms with van der Waals surface area (Å²) in [5.74, 6) is -1.75. The van der Waals surface area contributed by atoms with Crippen LogP contribution in [0.4, 0.5) is 8.78 Å². The number of H-pyrrole nitrogens is 1. The Kier molecular flexibility index (Phi) is 4.94. The lowest BCUT2D eigenvalue weighted by molar-refractivity contribution is 0.0631. The molecule has 32 heavy (non-hydrogen) atoms. The van der Waals surface area contributed by atoms with E-state index >= 15 is 0 Å². The quantitative estimate of drug-likeness (QED) is 0.480. The van der Waals surface area contributed by atoms with Crippen LogP contribution in [0.15, 0.2) is 35.1 Å². The third-order valence-corrected chi connectivity index (χ3v) is 5.68. The lowest BCUT2D eigenvalue weighted by Gasteiger charge is -2.33. The zero-order valence-electron chi connectivity index (χ0n) is 16.7. The Morgan fingerprint density at radius 3 is 2.97 bits per heavy atom. The molecule has 0 aromatic carbocycles. The number of rotatable bonds is 4. The van der Waals surface area contributed by atoms with Gasteiger partial charge >= 0.3 is 0 Å². The second-order valence-corrected chi connectivity index (χ2v) is 7.82. The van der Waals surface area contributed by atoms with Crippen molar-refractivity contribution in [1.29, 1.82) is 0 Å². The molecular formula is C20H17ClF2N6O3. The Balaban J connectivity index is 1.63. The zero-order chi connectivity index (χ0) is 22.6. The number of fused-ring (bicyclic) bond motifs is 2. The van der Waals surface area contributed by atoms with Gasteiger partial charge in [-0.1, -0.05) is 11.6 Å². The molecular weight excluding hydrogens is 446 g/mol. The molecule has 4 aromatic rings. The molecule has 12 heteroatoms. The SMILES string of the molecule is CC(O)c1nc(C(F)F)c(C(=O)N2CCc3[nH]cnc3[C@H]2c2cc3c(Cl)cccn3n2)o1. The molecule has 5 rings (SSSR count). The van der Waals surface area contributed by atoms with Crippen molar-refractivity contribution in [1.82, 2.24) is 29.5 Å². The number of aromatic nitrogens is 5. The maximum Gasteiger partial charge on any atom is 0.292 e. The Hall–Kier alpha value is -3.31. The van der Waals surface area contributed by atoms with Crippen molar-refractivity contribution in [3.05, 3.63) is 70.2 Å². The summed E-state index contributed by atoms with van der Waals surface area (Å²) in [5.41, 5.74) is 1.66. The molecule has 0 saturated carbocycles. The van der Waals surface area contributed by atoms with E-state index in [0.29, 0.717) is 28.3 Å². The third kappa shape index (κ3) is 3.24. The second-order valence-electron chi connectivity index (χ2n) is 7.42. The van der Waals surface area contributed by atoms with Gasteiger partial charge in [0.05, 0.1) is 28.3 Å². The summed E-state index contributed by atoms with van der Waals surface area (Å²) in [6.07, 6.45) is -0.634. The first-order valence-corrected chi connectivity index (χ1v) is 10.2. The number of halogens is 3. The van der Waals surface area contributed by atoms with Gasteiger partial charge in [0, 0.05) is 24.9 Å². The van der Waals surface area contributed by atoms with Crippen molar-refractivity contribution in [2.75, 3.05) is 6.54 Å². The summed E-state index contributed by atoms with van der Waals surface area (Å²) < 4.78 is 34.1. The van der Waals surface area contributed by atoms with Gasteiger partial charge in [-0.3, -0.25) is 4.79 Å². The molecule has 166 valence electrons. The monoisotopic (exact) mass is 462 g/mol. The van der Waals surface area contributed by atoms with Crippen LogP contribution in [-0.4, -0.2) is 47.0 Å². The summed E-state index contributed by atoms with van der Waals surface area (Å²) in [7, 11) is 0. The predicted octanol–water partition coefficient (Wildman–Crippen LogP) is 3.48. The van der Waals surface area contributed by atoms with Gasteiger partial charge in [-0.25, -0.2) is 23.3 Å². The zero-order valence-corrected chi connectivity index (χ0v) is 17.4. The summed E-state index contributed by atoms with van der Waals surface area (Å²) in [4.78, 5) is 25.8. The van der Waals surface area contributed by atoms with Gasteiger partial charge < -0.3 is 19.4 Å². The van der Waals surface area contributed by atoms with E-state index in [4.69, 9.17) is 16.0 Å². The molecule has 0 radical (unpaired) electrons. The van der Waals surface area contributed by atoms with Gasteiger partial charge in [0.25, 0.3) is 12.3 Å². The van der Waals surface area contributed by atoms with Gasteiger partial charge in [0.2, 0.25) is 11.7 Å². The van der Waals surface area contributed by atoms with E-state index in [-0.39, 0.29) is 12.4 Å². The number of pyridine rings is 1. The van der Waals surface area contributed by atoms with Crippen LogP contribution in [-0.2, 0) is 6.42 Å². The number of nitrogens with zero attached hydrogens (tertiary/aromatic N) is 5. The number of aromatic amines is 1. The number of hydrogen-bond acceptors (Lipinski definition) is 6. The first-order chi connectivity index (χ1) is 15.3. The third-order valence-electron chi connectivity index (χ3n) is 5.36. The van der Waals surface area contributed by atoms with Crippen LogP contribution in [0.5, 0.6) is 0 Å². The first-order valence-electron chi connectivity index (χ1n) is 9.79. The molecule has 4 aromatic heterocycles. The molecule has 2 atom stereocenters. The molecule has 1 aliphatic heterocycles. The topological polar surface area (TPSA) is 113 Å².